The van der Waals surface area contributed by atoms with Crippen LogP contribution in [0, 0.1) is 0 Å². The fourth-order valence-electron chi connectivity index (χ4n) is 2.35. The van der Waals surface area contributed by atoms with Gasteiger partial charge in [0.1, 0.15) is 0 Å². The van der Waals surface area contributed by atoms with E-state index in [1.807, 2.05) is 12.1 Å². The van der Waals surface area contributed by atoms with Crippen LogP contribution in [-0.2, 0) is 18.4 Å². The zero-order chi connectivity index (χ0) is 14.3. The van der Waals surface area contributed by atoms with Crippen molar-refractivity contribution >= 4 is 28.7 Å². The first-order valence-electron chi connectivity index (χ1n) is 6.28. The van der Waals surface area contributed by atoms with Gasteiger partial charge in [0.25, 0.3) is 0 Å². The number of urea groups is 1. The summed E-state index contributed by atoms with van der Waals surface area (Å²) in [5.41, 5.74) is 1.61. The minimum atomic E-state index is -0.451. The quantitative estimate of drug-likeness (QED) is 0.835. The van der Waals surface area contributed by atoms with Gasteiger partial charge in [0.05, 0.1) is 12.1 Å². The molecule has 104 valence electrons. The molecule has 1 aliphatic rings. The van der Waals surface area contributed by atoms with E-state index in [0.29, 0.717) is 12.4 Å². The number of aliphatic hydroxyl groups excluding tert-OH is 1. The van der Waals surface area contributed by atoms with E-state index < -0.39 is 6.03 Å². The largest absolute Gasteiger partial charge is 0.392 e. The van der Waals surface area contributed by atoms with Gasteiger partial charge >= 0.3 is 6.03 Å². The molecule has 2 heterocycles. The number of hydrogen-bond acceptors (Lipinski definition) is 4. The molecule has 7 heteroatoms. The van der Waals surface area contributed by atoms with Crippen molar-refractivity contribution in [2.75, 3.05) is 11.4 Å². The fourth-order valence-corrected chi connectivity index (χ4v) is 2.35. The Kier molecular flexibility index (Phi) is 2.90. The Balaban J connectivity index is 2.08. The lowest BCUT2D eigenvalue weighted by Gasteiger charge is -2.24. The molecule has 1 aliphatic heterocycles. The lowest BCUT2D eigenvalue weighted by Crippen LogP contribution is -2.49. The second-order valence-corrected chi connectivity index (χ2v) is 4.71. The van der Waals surface area contributed by atoms with Crippen LogP contribution in [0.25, 0.3) is 10.9 Å². The predicted molar refractivity (Wildman–Crippen MR) is 72.1 cm³/mol. The standard InChI is InChI=1S/C13H14N4O3/c1-16-10-6-8(7-18)2-3-9(10)12(15-16)17-5-4-11(19)14-13(17)20/h2-3,6,18H,4-5,7H2,1H3,(H,14,19,20). The van der Waals surface area contributed by atoms with Crippen LogP contribution in [0.3, 0.4) is 0 Å². The van der Waals surface area contributed by atoms with Gasteiger partial charge in [-0.2, -0.15) is 5.10 Å². The molecule has 0 unspecified atom stereocenters. The van der Waals surface area contributed by atoms with E-state index in [9.17, 15) is 14.7 Å². The third-order valence-electron chi connectivity index (χ3n) is 3.39. The molecule has 2 aromatic rings. The van der Waals surface area contributed by atoms with E-state index in [1.165, 1.54) is 4.90 Å². The first-order valence-corrected chi connectivity index (χ1v) is 6.28. The maximum Gasteiger partial charge on any atom is 0.329 e. The summed E-state index contributed by atoms with van der Waals surface area (Å²) in [5, 5.41) is 16.6. The predicted octanol–water partition coefficient (Wildman–Crippen LogP) is 0.512. The summed E-state index contributed by atoms with van der Waals surface area (Å²) in [6.45, 7) is 0.272. The van der Waals surface area contributed by atoms with E-state index in [4.69, 9.17) is 0 Å². The molecule has 0 aliphatic carbocycles. The first kappa shape index (κ1) is 12.6. The first-order chi connectivity index (χ1) is 9.60. The van der Waals surface area contributed by atoms with Gasteiger partial charge < -0.3 is 5.11 Å². The average molecular weight is 274 g/mol. The van der Waals surface area contributed by atoms with Crippen molar-refractivity contribution in [3.05, 3.63) is 23.8 Å². The van der Waals surface area contributed by atoms with Gasteiger partial charge in [-0.3, -0.25) is 19.7 Å². The number of nitrogens with zero attached hydrogens (tertiary/aromatic N) is 3. The third-order valence-corrected chi connectivity index (χ3v) is 3.39. The van der Waals surface area contributed by atoms with Crippen LogP contribution in [0.15, 0.2) is 18.2 Å². The van der Waals surface area contributed by atoms with Gasteiger partial charge in [0.15, 0.2) is 5.82 Å². The molecule has 1 aromatic carbocycles. The number of aromatic nitrogens is 2. The van der Waals surface area contributed by atoms with Gasteiger partial charge in [-0.05, 0) is 17.7 Å². The zero-order valence-corrected chi connectivity index (χ0v) is 11.0. The molecule has 0 atom stereocenters. The summed E-state index contributed by atoms with van der Waals surface area (Å²) in [6, 6.07) is 5.00. The minimum absolute atomic E-state index is 0.0465. The Morgan fingerprint density at radius 2 is 2.20 bits per heavy atom. The van der Waals surface area contributed by atoms with E-state index in [-0.39, 0.29) is 18.9 Å². The Morgan fingerprint density at radius 1 is 1.40 bits per heavy atom. The highest BCUT2D eigenvalue weighted by Crippen LogP contribution is 2.27. The zero-order valence-electron chi connectivity index (χ0n) is 11.0. The number of hydrogen-bond donors (Lipinski definition) is 2. The number of amides is 3. The molecule has 1 saturated heterocycles. The molecule has 0 saturated carbocycles. The summed E-state index contributed by atoms with van der Waals surface area (Å²) in [7, 11) is 1.78. The Morgan fingerprint density at radius 3 is 2.90 bits per heavy atom. The number of benzene rings is 1. The SMILES string of the molecule is Cn1nc(N2CCC(=O)NC2=O)c2ccc(CO)cc21. The molecular weight excluding hydrogens is 260 g/mol. The van der Waals surface area contributed by atoms with E-state index in [0.717, 1.165) is 16.5 Å². The van der Waals surface area contributed by atoms with E-state index >= 15 is 0 Å². The maximum absolute atomic E-state index is 11.9. The summed E-state index contributed by atoms with van der Waals surface area (Å²) < 4.78 is 1.66. The van der Waals surface area contributed by atoms with Crippen molar-refractivity contribution in [1.29, 1.82) is 0 Å². The van der Waals surface area contributed by atoms with Crippen LogP contribution in [0.5, 0.6) is 0 Å². The van der Waals surface area contributed by atoms with Gasteiger partial charge in [0, 0.05) is 25.4 Å². The molecule has 2 N–H and O–H groups in total. The average Bonchev–Trinajstić information content (AvgIpc) is 2.75. The van der Waals surface area contributed by atoms with Crippen LogP contribution in [-0.4, -0.2) is 33.4 Å². The number of nitrogens with one attached hydrogen (secondary N) is 1. The highest BCUT2D eigenvalue weighted by atomic mass is 16.3. The molecule has 0 bridgehead atoms. The van der Waals surface area contributed by atoms with Crippen molar-refractivity contribution < 1.29 is 14.7 Å². The molecule has 0 spiro atoms. The van der Waals surface area contributed by atoms with E-state index in [1.54, 1.807) is 17.8 Å². The highest BCUT2D eigenvalue weighted by Gasteiger charge is 2.27. The van der Waals surface area contributed by atoms with Crippen LogP contribution < -0.4 is 10.2 Å². The number of anilines is 1. The number of aryl methyl sites for hydroxylation is 1. The number of fused-ring (bicyclic) bond motifs is 1. The maximum atomic E-state index is 11.9. The summed E-state index contributed by atoms with van der Waals surface area (Å²) in [5.74, 6) is 0.256. The molecule has 0 radical (unpaired) electrons. The highest BCUT2D eigenvalue weighted by molar-refractivity contribution is 6.08. The third kappa shape index (κ3) is 1.92. The number of carbonyl (C=O) groups excluding carboxylic acids is 2. The molecule has 1 fully saturated rings. The van der Waals surface area contributed by atoms with Crippen LogP contribution >= 0.6 is 0 Å². The topological polar surface area (TPSA) is 87.5 Å². The molecule has 3 rings (SSSR count). The van der Waals surface area contributed by atoms with Gasteiger partial charge in [-0.1, -0.05) is 6.07 Å². The summed E-state index contributed by atoms with van der Waals surface area (Å²) in [4.78, 5) is 24.5. The van der Waals surface area contributed by atoms with Crippen LogP contribution in [0.4, 0.5) is 10.6 Å². The Labute approximate surface area is 114 Å². The number of aliphatic hydroxyl groups is 1. The Bertz CT molecular complexity index is 707. The van der Waals surface area contributed by atoms with Gasteiger partial charge in [-0.25, -0.2) is 4.79 Å². The van der Waals surface area contributed by atoms with E-state index in [2.05, 4.69) is 10.4 Å². The molecule has 3 amide bonds. The van der Waals surface area contributed by atoms with Crippen LogP contribution in [0.1, 0.15) is 12.0 Å². The minimum Gasteiger partial charge on any atom is -0.392 e. The van der Waals surface area contributed by atoms with Crippen molar-refractivity contribution in [2.45, 2.75) is 13.0 Å². The number of carbonyl (C=O) groups is 2. The smallest absolute Gasteiger partial charge is 0.329 e. The fraction of sp³-hybridized carbons (Fsp3) is 0.308. The monoisotopic (exact) mass is 274 g/mol. The Hall–Kier alpha value is -2.41. The number of rotatable bonds is 2. The number of imide groups is 1. The molecular formula is C13H14N4O3. The van der Waals surface area contributed by atoms with Gasteiger partial charge in [-0.15, -0.1) is 0 Å². The molecule has 7 nitrogen and oxygen atoms in total. The van der Waals surface area contributed by atoms with Crippen LogP contribution in [0.2, 0.25) is 0 Å². The van der Waals surface area contributed by atoms with Gasteiger partial charge in [0.2, 0.25) is 5.91 Å². The lowest BCUT2D eigenvalue weighted by atomic mass is 10.1. The summed E-state index contributed by atoms with van der Waals surface area (Å²) >= 11 is 0. The second-order valence-electron chi connectivity index (χ2n) is 4.71. The second kappa shape index (κ2) is 4.61. The molecule has 1 aromatic heterocycles. The molecule has 20 heavy (non-hydrogen) atoms. The normalized spacial score (nSPS) is 15.8. The van der Waals surface area contributed by atoms with Crippen molar-refractivity contribution in [3.8, 4) is 0 Å². The van der Waals surface area contributed by atoms with Crippen molar-refractivity contribution in [3.63, 3.8) is 0 Å². The van der Waals surface area contributed by atoms with Crippen molar-refractivity contribution in [1.82, 2.24) is 15.1 Å². The lowest BCUT2D eigenvalue weighted by molar-refractivity contribution is -0.120. The summed E-state index contributed by atoms with van der Waals surface area (Å²) in [6.07, 6.45) is 0.262. The van der Waals surface area contributed by atoms with Crippen molar-refractivity contribution in [2.24, 2.45) is 7.05 Å².